The zero-order chi connectivity index (χ0) is 38.4. The molecule has 0 aliphatic carbocycles. The zero-order valence-electron chi connectivity index (χ0n) is 32.5. The van der Waals surface area contributed by atoms with Crippen molar-refractivity contribution in [3.8, 4) is 34.1 Å². The summed E-state index contributed by atoms with van der Waals surface area (Å²) in [4.78, 5) is 4.80. The number of hydrogen-bond donors (Lipinski definition) is 0. The summed E-state index contributed by atoms with van der Waals surface area (Å²) in [5, 5.41) is 0. The highest BCUT2D eigenvalue weighted by Gasteiger charge is 2.14. The Hall–Kier alpha value is -5.16. The minimum atomic E-state index is 0.159. The van der Waals surface area contributed by atoms with E-state index in [0.29, 0.717) is 0 Å². The van der Waals surface area contributed by atoms with E-state index in [4.69, 9.17) is 9.47 Å². The lowest BCUT2D eigenvalue weighted by molar-refractivity contribution is 0.482. The molecule has 0 aromatic heterocycles. The lowest BCUT2D eigenvalue weighted by atomic mass is 9.86. The van der Waals surface area contributed by atoms with Crippen LogP contribution < -0.4 is 9.47 Å². The van der Waals surface area contributed by atoms with Gasteiger partial charge in [0.1, 0.15) is 23.0 Å². The third kappa shape index (κ3) is 10.5. The van der Waals surface area contributed by atoms with Gasteiger partial charge < -0.3 is 9.47 Å². The van der Waals surface area contributed by atoms with Crippen LogP contribution in [0.1, 0.15) is 63.8 Å². The van der Waals surface area contributed by atoms with Crippen LogP contribution in [0, 0.1) is 0 Å². The van der Waals surface area contributed by atoms with Crippen molar-refractivity contribution >= 4 is 23.5 Å². The van der Waals surface area contributed by atoms with E-state index in [9.17, 15) is 0 Å². The monoisotopic (exact) mass is 756 g/mol. The molecule has 0 saturated carbocycles. The second-order valence-corrected chi connectivity index (χ2v) is 18.2. The maximum atomic E-state index is 6.18. The molecular weight excluding hydrogens is 709 g/mol. The third-order valence-corrected chi connectivity index (χ3v) is 11.5. The molecule has 55 heavy (non-hydrogen) atoms. The van der Waals surface area contributed by atoms with Crippen LogP contribution in [0.2, 0.25) is 0 Å². The van der Waals surface area contributed by atoms with Crippen molar-refractivity contribution in [1.82, 2.24) is 0 Å². The van der Waals surface area contributed by atoms with E-state index in [0.717, 1.165) is 29.4 Å². The van der Waals surface area contributed by atoms with Gasteiger partial charge in [0, 0.05) is 19.6 Å². The molecule has 0 aliphatic rings. The van der Waals surface area contributed by atoms with E-state index in [2.05, 4.69) is 163 Å². The highest BCUT2D eigenvalue weighted by molar-refractivity contribution is 7.99. The van der Waals surface area contributed by atoms with Crippen molar-refractivity contribution in [3.63, 3.8) is 0 Å². The molecule has 2 nitrogen and oxygen atoms in total. The molecule has 0 atom stereocenters. The normalized spacial score (nSPS) is 11.7. The van der Waals surface area contributed by atoms with Crippen molar-refractivity contribution < 1.29 is 9.47 Å². The maximum Gasteiger partial charge on any atom is 0.127 e. The molecule has 0 saturated heterocycles. The van der Waals surface area contributed by atoms with E-state index in [1.807, 2.05) is 48.5 Å². The lowest BCUT2D eigenvalue weighted by Gasteiger charge is -2.19. The second kappa shape index (κ2) is 16.7. The Morgan fingerprint density at radius 1 is 0.327 bits per heavy atom. The number of benzene rings is 7. The van der Waals surface area contributed by atoms with E-state index in [-0.39, 0.29) is 10.8 Å². The molecule has 0 bridgehead atoms. The molecule has 276 valence electrons. The van der Waals surface area contributed by atoms with Crippen LogP contribution in [-0.2, 0) is 17.3 Å². The van der Waals surface area contributed by atoms with Crippen LogP contribution in [0.5, 0.6) is 23.0 Å². The van der Waals surface area contributed by atoms with Gasteiger partial charge in [-0.2, -0.15) is 0 Å². The maximum absolute atomic E-state index is 6.18. The zero-order valence-corrected chi connectivity index (χ0v) is 34.1. The van der Waals surface area contributed by atoms with Gasteiger partial charge in [-0.1, -0.05) is 138 Å². The molecule has 7 rings (SSSR count). The van der Waals surface area contributed by atoms with Crippen LogP contribution >= 0.6 is 23.5 Å². The first-order valence-electron chi connectivity index (χ1n) is 18.8. The second-order valence-electron chi connectivity index (χ2n) is 15.9. The number of ether oxygens (including phenoxy) is 2. The highest BCUT2D eigenvalue weighted by Crippen LogP contribution is 2.34. The van der Waals surface area contributed by atoms with Crippen molar-refractivity contribution in [3.05, 3.63) is 192 Å². The average molecular weight is 757 g/mol. The fourth-order valence-electron chi connectivity index (χ4n) is 6.18. The molecule has 0 aliphatic heterocycles. The molecule has 4 heteroatoms. The molecule has 0 fully saturated rings. The predicted octanol–water partition coefficient (Wildman–Crippen LogP) is 15.4. The number of rotatable bonds is 11. The summed E-state index contributed by atoms with van der Waals surface area (Å²) in [6, 6.07) is 59.8. The van der Waals surface area contributed by atoms with Gasteiger partial charge in [-0.15, -0.1) is 0 Å². The molecule has 0 heterocycles. The van der Waals surface area contributed by atoms with Crippen molar-refractivity contribution in [2.24, 2.45) is 0 Å². The van der Waals surface area contributed by atoms with Crippen LogP contribution in [-0.4, -0.2) is 0 Å². The average Bonchev–Trinajstić information content (AvgIpc) is 3.18. The predicted molar refractivity (Wildman–Crippen MR) is 233 cm³/mol. The molecule has 0 amide bonds. The van der Waals surface area contributed by atoms with Crippen LogP contribution in [0.15, 0.2) is 189 Å². The molecular formula is C51H48O2S2. The highest BCUT2D eigenvalue weighted by atomic mass is 32.2. The van der Waals surface area contributed by atoms with Gasteiger partial charge in [0.25, 0.3) is 0 Å². The van der Waals surface area contributed by atoms with Crippen molar-refractivity contribution in [2.75, 3.05) is 0 Å². The van der Waals surface area contributed by atoms with Crippen molar-refractivity contribution in [1.29, 1.82) is 0 Å². The Balaban J connectivity index is 0.867. The quantitative estimate of drug-likeness (QED) is 0.131. The standard InChI is InChI=1S/C51H48O2S2/c1-50(2,3)40-15-11-38(12-16-40)39-13-27-46(28-14-39)54-48-31-23-44(24-32-48)52-42-19-7-36(8-20-42)35-37-9-21-43(22-10-37)53-45-25-33-49(34-26-45)55-47-29-17-41(18-30-47)51(4,5)6/h7-34H,35H2,1-6H3. The van der Waals surface area contributed by atoms with Gasteiger partial charge >= 0.3 is 0 Å². The molecule has 0 N–H and O–H groups in total. The largest absolute Gasteiger partial charge is 0.457 e. The van der Waals surface area contributed by atoms with Gasteiger partial charge in [-0.05, 0) is 148 Å². The summed E-state index contributed by atoms with van der Waals surface area (Å²) in [6.45, 7) is 13.5. The van der Waals surface area contributed by atoms with Crippen LogP contribution in [0.3, 0.4) is 0 Å². The Morgan fingerprint density at radius 3 is 0.909 bits per heavy atom. The Bertz CT molecular complexity index is 2280. The molecule has 0 radical (unpaired) electrons. The first-order chi connectivity index (χ1) is 26.4. The fraction of sp³-hybridized carbons (Fsp3) is 0.176. The summed E-state index contributed by atoms with van der Waals surface area (Å²) in [6.07, 6.45) is 0.833. The third-order valence-electron chi connectivity index (χ3n) is 9.50. The van der Waals surface area contributed by atoms with Gasteiger partial charge in [0.15, 0.2) is 0 Å². The fourth-order valence-corrected chi connectivity index (χ4v) is 7.82. The molecule has 7 aromatic carbocycles. The molecule has 0 spiro atoms. The smallest absolute Gasteiger partial charge is 0.127 e. The van der Waals surface area contributed by atoms with Crippen LogP contribution in [0.4, 0.5) is 0 Å². The summed E-state index contributed by atoms with van der Waals surface area (Å²) in [7, 11) is 0. The van der Waals surface area contributed by atoms with Gasteiger partial charge in [-0.25, -0.2) is 0 Å². The van der Waals surface area contributed by atoms with Gasteiger partial charge in [-0.3, -0.25) is 0 Å². The van der Waals surface area contributed by atoms with Gasteiger partial charge in [0.05, 0.1) is 0 Å². The summed E-state index contributed by atoms with van der Waals surface area (Å²) < 4.78 is 12.3. The van der Waals surface area contributed by atoms with E-state index >= 15 is 0 Å². The molecule has 7 aromatic rings. The van der Waals surface area contributed by atoms with Crippen molar-refractivity contribution in [2.45, 2.75) is 78.4 Å². The minimum Gasteiger partial charge on any atom is -0.457 e. The summed E-state index contributed by atoms with van der Waals surface area (Å²) in [5.41, 5.74) is 7.94. The summed E-state index contributed by atoms with van der Waals surface area (Å²) in [5.74, 6) is 3.29. The molecule has 0 unspecified atom stereocenters. The minimum absolute atomic E-state index is 0.159. The first-order valence-corrected chi connectivity index (χ1v) is 20.5. The Morgan fingerprint density at radius 2 is 0.582 bits per heavy atom. The lowest BCUT2D eigenvalue weighted by Crippen LogP contribution is -2.10. The van der Waals surface area contributed by atoms with Gasteiger partial charge in [0.2, 0.25) is 0 Å². The SMILES string of the molecule is CC(C)(C)c1ccc(Sc2ccc(Oc3ccc(Cc4ccc(Oc5ccc(Sc6ccc(-c7ccc(C(C)(C)C)cc7)cc6)cc5)cc4)cc3)cc2)cc1. The Kier molecular flexibility index (Phi) is 11.6. The topological polar surface area (TPSA) is 18.5 Å². The van der Waals surface area contributed by atoms with E-state index in [1.54, 1.807) is 23.5 Å². The summed E-state index contributed by atoms with van der Waals surface area (Å²) >= 11 is 3.52. The first kappa shape index (κ1) is 38.1. The Labute approximate surface area is 336 Å². The number of hydrogen-bond acceptors (Lipinski definition) is 4. The van der Waals surface area contributed by atoms with E-state index < -0.39 is 0 Å². The van der Waals surface area contributed by atoms with Crippen LogP contribution in [0.25, 0.3) is 11.1 Å². The van der Waals surface area contributed by atoms with E-state index in [1.165, 1.54) is 53.0 Å².